The van der Waals surface area contributed by atoms with Gasteiger partial charge in [-0.2, -0.15) is 0 Å². The summed E-state index contributed by atoms with van der Waals surface area (Å²) in [5.74, 6) is -1.97. The van der Waals surface area contributed by atoms with Gasteiger partial charge in [-0.3, -0.25) is 9.79 Å². The third-order valence-electron chi connectivity index (χ3n) is 5.06. The monoisotopic (exact) mass is 458 g/mol. The van der Waals surface area contributed by atoms with Crippen molar-refractivity contribution in [2.75, 3.05) is 5.32 Å². The molecule has 0 saturated heterocycles. The van der Waals surface area contributed by atoms with Crippen molar-refractivity contribution in [1.29, 1.82) is 0 Å². The highest BCUT2D eigenvalue weighted by Crippen LogP contribution is 2.21. The Morgan fingerprint density at radius 1 is 0.909 bits per heavy atom. The Bertz CT molecular complexity index is 1400. The van der Waals surface area contributed by atoms with E-state index in [1.807, 2.05) is 26.0 Å². The highest BCUT2D eigenvalue weighted by atomic mass is 35.5. The number of fused-ring (bicyclic) bond motifs is 1. The molecule has 0 atom stereocenters. The fourth-order valence-corrected chi connectivity index (χ4v) is 3.26. The summed E-state index contributed by atoms with van der Waals surface area (Å²) in [5.41, 5.74) is 4.24. The minimum absolute atomic E-state index is 0.247. The normalized spacial score (nSPS) is 11.1. The maximum atomic E-state index is 12.8. The molecule has 3 aromatic carbocycles. The summed E-state index contributed by atoms with van der Waals surface area (Å²) in [6.07, 6.45) is 1.71. The first-order valence-electron chi connectivity index (χ1n) is 10.0. The summed E-state index contributed by atoms with van der Waals surface area (Å²) in [7, 11) is 0. The number of carboxylic acids is 1. The number of carbonyl (C=O) groups is 2. The van der Waals surface area contributed by atoms with Crippen molar-refractivity contribution < 1.29 is 14.7 Å². The molecule has 2 N–H and O–H groups in total. The quantitative estimate of drug-likeness (QED) is 0.379. The van der Waals surface area contributed by atoms with Gasteiger partial charge in [0.15, 0.2) is 11.4 Å². The SMILES string of the molecule is Cc1cc2nc(C(=O)O)c(C(=O)Nc3ccc(N=Cc4ccc(Cl)cc4)cc3)nc2cc1C. The summed E-state index contributed by atoms with van der Waals surface area (Å²) >= 11 is 5.88. The average molecular weight is 459 g/mol. The fourth-order valence-electron chi connectivity index (χ4n) is 3.14. The Morgan fingerprint density at radius 2 is 1.48 bits per heavy atom. The number of rotatable bonds is 5. The molecule has 1 amide bonds. The number of benzene rings is 3. The Labute approximate surface area is 194 Å². The Morgan fingerprint density at radius 3 is 2.06 bits per heavy atom. The number of nitrogens with one attached hydrogen (secondary N) is 1. The molecule has 33 heavy (non-hydrogen) atoms. The molecule has 164 valence electrons. The van der Waals surface area contributed by atoms with Crippen molar-refractivity contribution in [2.24, 2.45) is 4.99 Å². The first-order chi connectivity index (χ1) is 15.8. The number of aliphatic imine (C=N–C) groups is 1. The van der Waals surface area contributed by atoms with Gasteiger partial charge in [-0.1, -0.05) is 23.7 Å². The van der Waals surface area contributed by atoms with E-state index in [9.17, 15) is 14.7 Å². The molecule has 4 aromatic rings. The summed E-state index contributed by atoms with van der Waals surface area (Å²) in [4.78, 5) is 37.4. The van der Waals surface area contributed by atoms with Gasteiger partial charge >= 0.3 is 5.97 Å². The highest BCUT2D eigenvalue weighted by molar-refractivity contribution is 6.30. The van der Waals surface area contributed by atoms with Crippen molar-refractivity contribution in [1.82, 2.24) is 9.97 Å². The van der Waals surface area contributed by atoms with Crippen LogP contribution in [0.25, 0.3) is 11.0 Å². The zero-order valence-electron chi connectivity index (χ0n) is 17.8. The van der Waals surface area contributed by atoms with E-state index in [0.29, 0.717) is 27.4 Å². The summed E-state index contributed by atoms with van der Waals surface area (Å²) in [5, 5.41) is 12.9. The molecule has 0 aliphatic rings. The van der Waals surface area contributed by atoms with Crippen molar-refractivity contribution in [2.45, 2.75) is 13.8 Å². The largest absolute Gasteiger partial charge is 0.476 e. The first-order valence-corrected chi connectivity index (χ1v) is 10.4. The minimum atomic E-state index is -1.32. The van der Waals surface area contributed by atoms with Crippen molar-refractivity contribution in [3.05, 3.63) is 93.8 Å². The topological polar surface area (TPSA) is 105 Å². The molecule has 0 fully saturated rings. The lowest BCUT2D eigenvalue weighted by Crippen LogP contribution is -2.20. The number of aromatic nitrogens is 2. The van der Waals surface area contributed by atoms with Gasteiger partial charge in [-0.25, -0.2) is 14.8 Å². The third-order valence-corrected chi connectivity index (χ3v) is 5.31. The molecule has 1 aromatic heterocycles. The van der Waals surface area contributed by atoms with E-state index >= 15 is 0 Å². The number of anilines is 1. The van der Waals surface area contributed by atoms with E-state index in [-0.39, 0.29) is 5.69 Å². The zero-order chi connectivity index (χ0) is 23.5. The van der Waals surface area contributed by atoms with E-state index in [0.717, 1.165) is 16.7 Å². The zero-order valence-corrected chi connectivity index (χ0v) is 18.6. The first kappa shape index (κ1) is 22.1. The van der Waals surface area contributed by atoms with Crippen LogP contribution in [0, 0.1) is 13.8 Å². The summed E-state index contributed by atoms with van der Waals surface area (Å²) in [6, 6.07) is 17.6. The Hall–Kier alpha value is -4.10. The lowest BCUT2D eigenvalue weighted by molar-refractivity contribution is 0.0685. The van der Waals surface area contributed by atoms with Crippen LogP contribution >= 0.6 is 11.6 Å². The molecule has 0 aliphatic carbocycles. The molecule has 4 rings (SSSR count). The number of aryl methyl sites for hydroxylation is 2. The van der Waals surface area contributed by atoms with Gasteiger partial charge in [0.1, 0.15) is 0 Å². The molecule has 8 heteroatoms. The maximum Gasteiger partial charge on any atom is 0.357 e. The van der Waals surface area contributed by atoms with E-state index in [2.05, 4.69) is 20.3 Å². The number of amides is 1. The second-order valence-corrected chi connectivity index (χ2v) is 7.90. The molecule has 0 bridgehead atoms. The number of hydrogen-bond acceptors (Lipinski definition) is 5. The van der Waals surface area contributed by atoms with Gasteiger partial charge in [0, 0.05) is 16.9 Å². The van der Waals surface area contributed by atoms with E-state index in [1.54, 1.807) is 54.7 Å². The van der Waals surface area contributed by atoms with Gasteiger partial charge in [0.25, 0.3) is 5.91 Å². The standard InChI is InChI=1S/C25H19ClN4O3/c1-14-11-20-21(12-15(14)2)30-23(25(32)33)22(29-20)24(31)28-19-9-7-18(8-10-19)27-13-16-3-5-17(26)6-4-16/h3-13H,1-2H3,(H,28,31)(H,32,33). The number of hydrogen-bond donors (Lipinski definition) is 2. The second-order valence-electron chi connectivity index (χ2n) is 7.46. The predicted octanol–water partition coefficient (Wildman–Crippen LogP) is 5.60. The molecular weight excluding hydrogens is 440 g/mol. The van der Waals surface area contributed by atoms with Gasteiger partial charge in [0.2, 0.25) is 0 Å². The molecule has 0 radical (unpaired) electrons. The van der Waals surface area contributed by atoms with Crippen LogP contribution in [0.4, 0.5) is 11.4 Å². The molecule has 0 saturated carbocycles. The molecule has 7 nitrogen and oxygen atoms in total. The van der Waals surface area contributed by atoms with Crippen molar-refractivity contribution in [3.8, 4) is 0 Å². The number of aromatic carboxylic acids is 1. The fraction of sp³-hybridized carbons (Fsp3) is 0.0800. The Kier molecular flexibility index (Phi) is 6.15. The summed E-state index contributed by atoms with van der Waals surface area (Å²) < 4.78 is 0. The van der Waals surface area contributed by atoms with Crippen LogP contribution in [0.2, 0.25) is 5.02 Å². The van der Waals surface area contributed by atoms with E-state index in [4.69, 9.17) is 11.6 Å². The molecule has 0 aliphatic heterocycles. The van der Waals surface area contributed by atoms with Crippen LogP contribution in [0.1, 0.15) is 37.7 Å². The second kappa shape index (κ2) is 9.18. The molecule has 0 spiro atoms. The highest BCUT2D eigenvalue weighted by Gasteiger charge is 2.22. The third kappa shape index (κ3) is 5.05. The smallest absolute Gasteiger partial charge is 0.357 e. The van der Waals surface area contributed by atoms with Crippen LogP contribution in [0.5, 0.6) is 0 Å². The lowest BCUT2D eigenvalue weighted by Gasteiger charge is -2.09. The molecule has 1 heterocycles. The number of carbonyl (C=O) groups excluding carboxylic acids is 1. The average Bonchev–Trinajstić information content (AvgIpc) is 2.79. The predicted molar refractivity (Wildman–Crippen MR) is 129 cm³/mol. The van der Waals surface area contributed by atoms with Crippen LogP contribution in [-0.2, 0) is 0 Å². The van der Waals surface area contributed by atoms with Crippen LogP contribution in [0.15, 0.2) is 65.7 Å². The Balaban J connectivity index is 1.56. The maximum absolute atomic E-state index is 12.8. The van der Waals surface area contributed by atoms with Crippen LogP contribution in [-0.4, -0.2) is 33.2 Å². The van der Waals surface area contributed by atoms with Crippen LogP contribution < -0.4 is 5.32 Å². The van der Waals surface area contributed by atoms with Crippen molar-refractivity contribution in [3.63, 3.8) is 0 Å². The number of halogens is 1. The van der Waals surface area contributed by atoms with E-state index in [1.165, 1.54) is 0 Å². The van der Waals surface area contributed by atoms with Gasteiger partial charge in [0.05, 0.1) is 16.7 Å². The minimum Gasteiger partial charge on any atom is -0.476 e. The van der Waals surface area contributed by atoms with Gasteiger partial charge < -0.3 is 10.4 Å². The molecule has 0 unspecified atom stereocenters. The van der Waals surface area contributed by atoms with Crippen LogP contribution in [0.3, 0.4) is 0 Å². The van der Waals surface area contributed by atoms with Gasteiger partial charge in [-0.15, -0.1) is 0 Å². The summed E-state index contributed by atoms with van der Waals surface area (Å²) in [6.45, 7) is 3.82. The van der Waals surface area contributed by atoms with E-state index < -0.39 is 17.6 Å². The number of carboxylic acid groups (broad SMARTS) is 1. The molecular formula is C25H19ClN4O3. The van der Waals surface area contributed by atoms with Crippen molar-refractivity contribution >= 4 is 52.1 Å². The van der Waals surface area contributed by atoms with Gasteiger partial charge in [-0.05, 0) is 79.1 Å². The number of nitrogens with zero attached hydrogens (tertiary/aromatic N) is 3. The lowest BCUT2D eigenvalue weighted by atomic mass is 10.1.